The van der Waals surface area contributed by atoms with Gasteiger partial charge in [0.1, 0.15) is 0 Å². The Morgan fingerprint density at radius 3 is 2.48 bits per heavy atom. The maximum atomic E-state index is 13.2. The molecular formula is C20H23FN2O4S2. The number of amides is 1. The van der Waals surface area contributed by atoms with Gasteiger partial charge in [-0.2, -0.15) is 4.39 Å². The molecule has 4 rings (SSSR count). The van der Waals surface area contributed by atoms with E-state index in [0.717, 1.165) is 35.9 Å². The molecule has 2 heterocycles. The van der Waals surface area contributed by atoms with Crippen molar-refractivity contribution >= 4 is 32.2 Å². The van der Waals surface area contributed by atoms with Crippen LogP contribution in [0.3, 0.4) is 0 Å². The Bertz CT molecular complexity index is 965. The summed E-state index contributed by atoms with van der Waals surface area (Å²) < 4.78 is 43.5. The van der Waals surface area contributed by atoms with E-state index in [-0.39, 0.29) is 16.3 Å². The van der Waals surface area contributed by atoms with Gasteiger partial charge in [-0.25, -0.2) is 13.4 Å². The summed E-state index contributed by atoms with van der Waals surface area (Å²) in [6, 6.07) is 6.63. The van der Waals surface area contributed by atoms with Crippen LogP contribution in [0.4, 0.5) is 9.52 Å². The van der Waals surface area contributed by atoms with Crippen molar-refractivity contribution in [3.63, 3.8) is 0 Å². The van der Waals surface area contributed by atoms with Gasteiger partial charge < -0.3 is 10.1 Å². The summed E-state index contributed by atoms with van der Waals surface area (Å²) in [5, 5.41) is 2.19. The van der Waals surface area contributed by atoms with Gasteiger partial charge in [0.2, 0.25) is 5.91 Å². The fraction of sp³-hybridized carbons (Fsp3) is 0.500. The second kappa shape index (κ2) is 8.49. The number of nitrogens with one attached hydrogen (secondary N) is 1. The predicted octanol–water partition coefficient (Wildman–Crippen LogP) is 3.76. The van der Waals surface area contributed by atoms with E-state index in [1.54, 1.807) is 24.3 Å². The Kier molecular flexibility index (Phi) is 5.98. The van der Waals surface area contributed by atoms with E-state index in [1.807, 2.05) is 0 Å². The monoisotopic (exact) mass is 438 g/mol. The predicted molar refractivity (Wildman–Crippen MR) is 108 cm³/mol. The van der Waals surface area contributed by atoms with Crippen molar-refractivity contribution in [2.45, 2.75) is 48.2 Å². The minimum atomic E-state index is -3.27. The molecule has 2 aromatic rings. The van der Waals surface area contributed by atoms with Crippen molar-refractivity contribution in [1.29, 1.82) is 0 Å². The van der Waals surface area contributed by atoms with E-state index in [2.05, 4.69) is 10.3 Å². The van der Waals surface area contributed by atoms with Crippen LogP contribution in [0.25, 0.3) is 0 Å². The van der Waals surface area contributed by atoms with Gasteiger partial charge in [0, 0.05) is 13.2 Å². The van der Waals surface area contributed by atoms with Crippen LogP contribution in [0.5, 0.6) is 0 Å². The third-order valence-corrected chi connectivity index (χ3v) is 8.49. The first kappa shape index (κ1) is 20.4. The number of thiazole rings is 1. The molecule has 1 amide bonds. The van der Waals surface area contributed by atoms with Gasteiger partial charge in [0.15, 0.2) is 20.1 Å². The van der Waals surface area contributed by atoms with Crippen LogP contribution < -0.4 is 5.32 Å². The van der Waals surface area contributed by atoms with Crippen molar-refractivity contribution in [3.05, 3.63) is 41.2 Å². The average molecular weight is 439 g/mol. The summed E-state index contributed by atoms with van der Waals surface area (Å²) >= 11 is 0.782. The number of sulfone groups is 1. The number of aromatic nitrogens is 1. The van der Waals surface area contributed by atoms with Gasteiger partial charge in [-0.3, -0.25) is 4.79 Å². The topological polar surface area (TPSA) is 85.4 Å². The zero-order chi connectivity index (χ0) is 20.4. The molecule has 2 fully saturated rings. The molecule has 156 valence electrons. The highest BCUT2D eigenvalue weighted by Gasteiger charge is 2.37. The lowest BCUT2D eigenvalue weighted by molar-refractivity contribution is -0.118. The summed E-state index contributed by atoms with van der Waals surface area (Å²) in [5.41, 5.74) is 0.751. The van der Waals surface area contributed by atoms with Crippen LogP contribution in [0, 0.1) is 11.0 Å². The van der Waals surface area contributed by atoms with E-state index in [4.69, 9.17) is 4.74 Å². The molecule has 29 heavy (non-hydrogen) atoms. The van der Waals surface area contributed by atoms with Gasteiger partial charge in [0.05, 0.1) is 22.3 Å². The Morgan fingerprint density at radius 1 is 1.21 bits per heavy atom. The van der Waals surface area contributed by atoms with Gasteiger partial charge >= 0.3 is 0 Å². The largest absolute Gasteiger partial charge is 0.381 e. The molecule has 0 bridgehead atoms. The SMILES string of the molecule is O=C(Nc1ncc(F)s1)C(CC1CCOCC1)c1ccc(S(=O)(=O)C2CC2)cc1. The third kappa shape index (κ3) is 4.84. The van der Waals surface area contributed by atoms with E-state index < -0.39 is 20.9 Å². The number of nitrogens with zero attached hydrogens (tertiary/aromatic N) is 1. The quantitative estimate of drug-likeness (QED) is 0.712. The molecule has 1 aromatic carbocycles. The maximum Gasteiger partial charge on any atom is 0.233 e. The first-order valence-corrected chi connectivity index (χ1v) is 12.1. The number of anilines is 1. The summed E-state index contributed by atoms with van der Waals surface area (Å²) in [6.07, 6.45) is 4.88. The Labute approximate surface area is 173 Å². The second-order valence-corrected chi connectivity index (χ2v) is 10.8. The van der Waals surface area contributed by atoms with E-state index in [1.165, 1.54) is 0 Å². The molecule has 1 N–H and O–H groups in total. The lowest BCUT2D eigenvalue weighted by Crippen LogP contribution is -2.26. The summed E-state index contributed by atoms with van der Waals surface area (Å²) in [6.45, 7) is 1.35. The molecule has 2 aliphatic rings. The smallest absolute Gasteiger partial charge is 0.233 e. The normalized spacial score (nSPS) is 19.1. The van der Waals surface area contributed by atoms with Gasteiger partial charge in [-0.05, 0) is 55.7 Å². The molecule has 1 atom stereocenters. The zero-order valence-electron chi connectivity index (χ0n) is 15.8. The van der Waals surface area contributed by atoms with Gasteiger partial charge in [-0.1, -0.05) is 23.5 Å². The first-order chi connectivity index (χ1) is 13.9. The summed E-state index contributed by atoms with van der Waals surface area (Å²) in [7, 11) is -3.27. The molecule has 0 spiro atoms. The first-order valence-electron chi connectivity index (χ1n) is 9.77. The highest BCUT2D eigenvalue weighted by Crippen LogP contribution is 2.35. The summed E-state index contributed by atoms with van der Waals surface area (Å²) in [4.78, 5) is 17.1. The molecule has 6 nitrogen and oxygen atoms in total. The number of carbonyl (C=O) groups excluding carboxylic acids is 1. The minimum Gasteiger partial charge on any atom is -0.381 e. The average Bonchev–Trinajstić information content (AvgIpc) is 3.51. The third-order valence-electron chi connectivity index (χ3n) is 5.51. The van der Waals surface area contributed by atoms with Crippen LogP contribution in [0.2, 0.25) is 0 Å². The number of benzene rings is 1. The van der Waals surface area contributed by atoms with Crippen LogP contribution >= 0.6 is 11.3 Å². The number of hydrogen-bond donors (Lipinski definition) is 1. The minimum absolute atomic E-state index is 0.220. The molecule has 1 saturated carbocycles. The van der Waals surface area contributed by atoms with Gasteiger partial charge in [-0.15, -0.1) is 0 Å². The van der Waals surface area contributed by atoms with Crippen LogP contribution in [0.15, 0.2) is 35.4 Å². The Balaban J connectivity index is 1.55. The molecule has 1 aliphatic carbocycles. The molecule has 1 aromatic heterocycles. The van der Waals surface area contributed by atoms with E-state index in [9.17, 15) is 17.6 Å². The molecule has 0 radical (unpaired) electrons. The maximum absolute atomic E-state index is 13.2. The number of halogens is 1. The molecule has 1 unspecified atom stereocenters. The number of ether oxygens (including phenoxy) is 1. The van der Waals surface area contributed by atoms with E-state index in [0.29, 0.717) is 43.3 Å². The van der Waals surface area contributed by atoms with E-state index >= 15 is 0 Å². The lowest BCUT2D eigenvalue weighted by Gasteiger charge is -2.26. The number of carbonyl (C=O) groups is 1. The highest BCUT2D eigenvalue weighted by atomic mass is 32.2. The fourth-order valence-corrected chi connectivity index (χ4v) is 5.88. The Morgan fingerprint density at radius 2 is 1.90 bits per heavy atom. The number of rotatable bonds is 7. The van der Waals surface area contributed by atoms with Crippen molar-refractivity contribution in [2.75, 3.05) is 18.5 Å². The number of hydrogen-bond acceptors (Lipinski definition) is 6. The Hall–Kier alpha value is -1.84. The van der Waals surface area contributed by atoms with Crippen molar-refractivity contribution in [3.8, 4) is 0 Å². The van der Waals surface area contributed by atoms with Crippen LogP contribution in [0.1, 0.15) is 43.6 Å². The van der Waals surface area contributed by atoms with Crippen LogP contribution in [-0.2, 0) is 19.4 Å². The zero-order valence-corrected chi connectivity index (χ0v) is 17.5. The summed E-state index contributed by atoms with van der Waals surface area (Å²) in [5.74, 6) is -0.395. The lowest BCUT2D eigenvalue weighted by atomic mass is 9.84. The fourth-order valence-electron chi connectivity index (χ4n) is 3.68. The van der Waals surface area contributed by atoms with Crippen molar-refractivity contribution < 1.29 is 22.3 Å². The molecule has 1 saturated heterocycles. The van der Waals surface area contributed by atoms with Crippen LogP contribution in [-0.4, -0.2) is 37.8 Å². The van der Waals surface area contributed by atoms with Crippen molar-refractivity contribution in [2.24, 2.45) is 5.92 Å². The van der Waals surface area contributed by atoms with Gasteiger partial charge in [0.25, 0.3) is 0 Å². The molecule has 9 heteroatoms. The van der Waals surface area contributed by atoms with Crippen molar-refractivity contribution in [1.82, 2.24) is 4.98 Å². The highest BCUT2D eigenvalue weighted by molar-refractivity contribution is 7.92. The second-order valence-electron chi connectivity index (χ2n) is 7.62. The molecular weight excluding hydrogens is 415 g/mol. The standard InChI is InChI=1S/C20H23FN2O4S2/c21-18-12-22-20(28-18)23-19(24)17(11-13-7-9-27-10-8-13)14-1-3-15(4-2-14)29(25,26)16-5-6-16/h1-4,12-13,16-17H,5-11H2,(H,22,23,24). The molecule has 1 aliphatic heterocycles.